The molecule has 0 aliphatic carbocycles. The van der Waals surface area contributed by atoms with Crippen LogP contribution in [0.1, 0.15) is 12.5 Å². The molecule has 1 unspecified atom stereocenters. The van der Waals surface area contributed by atoms with Crippen molar-refractivity contribution in [3.63, 3.8) is 0 Å². The van der Waals surface area contributed by atoms with Crippen LogP contribution >= 0.6 is 12.4 Å². The van der Waals surface area contributed by atoms with Crippen molar-refractivity contribution in [3.05, 3.63) is 54.1 Å². The van der Waals surface area contributed by atoms with Gasteiger partial charge in [-0.25, -0.2) is 0 Å². The van der Waals surface area contributed by atoms with Gasteiger partial charge in [0.25, 0.3) is 0 Å². The molecule has 6 nitrogen and oxygen atoms in total. The van der Waals surface area contributed by atoms with Crippen molar-refractivity contribution in [1.82, 2.24) is 5.32 Å². The molecular weight excluding hydrogens is 344 g/mol. The molecule has 0 radical (unpaired) electrons. The molecule has 0 saturated carbocycles. The van der Waals surface area contributed by atoms with Crippen LogP contribution in [-0.4, -0.2) is 25.9 Å². The lowest BCUT2D eigenvalue weighted by atomic mass is 9.92. The van der Waals surface area contributed by atoms with Crippen molar-refractivity contribution in [2.75, 3.05) is 19.9 Å². The molecule has 2 aromatic rings. The van der Waals surface area contributed by atoms with Crippen LogP contribution in [0.4, 0.5) is 0 Å². The number of fused-ring (bicyclic) bond motifs is 1. The summed E-state index contributed by atoms with van der Waals surface area (Å²) in [5.41, 5.74) is 5.83. The van der Waals surface area contributed by atoms with Gasteiger partial charge in [0.2, 0.25) is 12.7 Å². The minimum atomic E-state index is -1.08. The number of rotatable bonds is 6. The Hall–Kier alpha value is -2.44. The molecule has 0 aromatic heterocycles. The lowest BCUT2D eigenvalue weighted by Gasteiger charge is -2.24. The molecule has 134 valence electrons. The van der Waals surface area contributed by atoms with E-state index in [1.54, 1.807) is 25.1 Å². The second kappa shape index (κ2) is 8.09. The summed E-state index contributed by atoms with van der Waals surface area (Å²) in [7, 11) is 0. The molecule has 1 atom stereocenters. The van der Waals surface area contributed by atoms with Crippen LogP contribution in [0.5, 0.6) is 17.2 Å². The first-order valence-corrected chi connectivity index (χ1v) is 7.72. The van der Waals surface area contributed by atoms with Gasteiger partial charge in [-0.15, -0.1) is 12.4 Å². The van der Waals surface area contributed by atoms with Crippen molar-refractivity contribution in [1.29, 1.82) is 0 Å². The largest absolute Gasteiger partial charge is 0.492 e. The SMILES string of the molecule is CC(N)(C(=O)NCCOc1ccc2c(c1)OCO2)c1ccccc1.Cl. The summed E-state index contributed by atoms with van der Waals surface area (Å²) in [5.74, 6) is 1.78. The van der Waals surface area contributed by atoms with Gasteiger partial charge in [0.1, 0.15) is 17.9 Å². The summed E-state index contributed by atoms with van der Waals surface area (Å²) in [6, 6.07) is 14.6. The molecule has 0 saturated heterocycles. The second-order valence-corrected chi connectivity index (χ2v) is 5.69. The van der Waals surface area contributed by atoms with Crippen LogP contribution in [0.15, 0.2) is 48.5 Å². The third-order valence-electron chi connectivity index (χ3n) is 3.85. The number of nitrogens with one attached hydrogen (secondary N) is 1. The third kappa shape index (κ3) is 4.35. The zero-order valence-corrected chi connectivity index (χ0v) is 14.7. The predicted molar refractivity (Wildman–Crippen MR) is 96.3 cm³/mol. The van der Waals surface area contributed by atoms with Gasteiger partial charge >= 0.3 is 0 Å². The van der Waals surface area contributed by atoms with E-state index < -0.39 is 5.54 Å². The molecule has 0 bridgehead atoms. The van der Waals surface area contributed by atoms with Crippen molar-refractivity contribution in [2.24, 2.45) is 5.73 Å². The van der Waals surface area contributed by atoms with Crippen molar-refractivity contribution in [3.8, 4) is 17.2 Å². The normalized spacial score (nSPS) is 14.2. The Morgan fingerprint density at radius 2 is 1.92 bits per heavy atom. The summed E-state index contributed by atoms with van der Waals surface area (Å²) >= 11 is 0. The topological polar surface area (TPSA) is 82.8 Å². The first-order chi connectivity index (χ1) is 11.6. The fourth-order valence-corrected chi connectivity index (χ4v) is 2.40. The van der Waals surface area contributed by atoms with Crippen LogP contribution in [0.25, 0.3) is 0 Å². The number of amides is 1. The fourth-order valence-electron chi connectivity index (χ4n) is 2.40. The number of halogens is 1. The molecule has 0 fully saturated rings. The maximum Gasteiger partial charge on any atom is 0.244 e. The van der Waals surface area contributed by atoms with E-state index >= 15 is 0 Å². The maximum absolute atomic E-state index is 12.3. The second-order valence-electron chi connectivity index (χ2n) is 5.69. The summed E-state index contributed by atoms with van der Waals surface area (Å²) in [6.45, 7) is 2.60. The Balaban J connectivity index is 0.00000225. The smallest absolute Gasteiger partial charge is 0.244 e. The Morgan fingerprint density at radius 1 is 1.20 bits per heavy atom. The minimum absolute atomic E-state index is 0. The number of carbonyl (C=O) groups excluding carboxylic acids is 1. The van der Waals surface area contributed by atoms with Gasteiger partial charge in [0.05, 0.1) is 6.54 Å². The van der Waals surface area contributed by atoms with Gasteiger partial charge in [0.15, 0.2) is 11.5 Å². The highest BCUT2D eigenvalue weighted by atomic mass is 35.5. The Kier molecular flexibility index (Phi) is 6.12. The first kappa shape index (κ1) is 18.9. The van der Waals surface area contributed by atoms with E-state index in [0.29, 0.717) is 30.4 Å². The molecule has 1 aliphatic heterocycles. The van der Waals surface area contributed by atoms with E-state index in [0.717, 1.165) is 5.56 Å². The molecule has 1 amide bonds. The molecule has 3 N–H and O–H groups in total. The highest BCUT2D eigenvalue weighted by molar-refractivity contribution is 5.87. The van der Waals surface area contributed by atoms with Crippen molar-refractivity contribution < 1.29 is 19.0 Å². The highest BCUT2D eigenvalue weighted by Gasteiger charge is 2.29. The van der Waals surface area contributed by atoms with Gasteiger partial charge in [0, 0.05) is 6.07 Å². The zero-order valence-electron chi connectivity index (χ0n) is 13.9. The Morgan fingerprint density at radius 3 is 2.68 bits per heavy atom. The van der Waals surface area contributed by atoms with E-state index in [2.05, 4.69) is 5.32 Å². The Labute approximate surface area is 152 Å². The highest BCUT2D eigenvalue weighted by Crippen LogP contribution is 2.34. The molecule has 0 spiro atoms. The first-order valence-electron chi connectivity index (χ1n) is 7.72. The van der Waals surface area contributed by atoms with Gasteiger partial charge in [-0.1, -0.05) is 30.3 Å². The van der Waals surface area contributed by atoms with Crippen LogP contribution in [0.3, 0.4) is 0 Å². The Bertz CT molecular complexity index is 722. The van der Waals surface area contributed by atoms with Crippen molar-refractivity contribution >= 4 is 18.3 Å². The van der Waals surface area contributed by atoms with Gasteiger partial charge in [-0.2, -0.15) is 0 Å². The number of hydrogen-bond acceptors (Lipinski definition) is 5. The molecule has 3 rings (SSSR count). The summed E-state index contributed by atoms with van der Waals surface area (Å²) < 4.78 is 16.1. The van der Waals surface area contributed by atoms with E-state index in [4.69, 9.17) is 19.9 Å². The molecule has 25 heavy (non-hydrogen) atoms. The number of carbonyl (C=O) groups is 1. The maximum atomic E-state index is 12.3. The van der Waals surface area contributed by atoms with E-state index in [-0.39, 0.29) is 25.1 Å². The van der Waals surface area contributed by atoms with Crippen molar-refractivity contribution in [2.45, 2.75) is 12.5 Å². The molecule has 2 aromatic carbocycles. The van der Waals surface area contributed by atoms with E-state index in [1.165, 1.54) is 0 Å². The van der Waals surface area contributed by atoms with E-state index in [1.807, 2.05) is 30.3 Å². The molecule has 1 heterocycles. The summed E-state index contributed by atoms with van der Waals surface area (Å²) in [6.07, 6.45) is 0. The average Bonchev–Trinajstić information content (AvgIpc) is 3.07. The number of ether oxygens (including phenoxy) is 3. The van der Waals surface area contributed by atoms with Crippen LogP contribution in [0.2, 0.25) is 0 Å². The zero-order chi connectivity index (χ0) is 17.0. The van der Waals surface area contributed by atoms with Gasteiger partial charge in [-0.3, -0.25) is 4.79 Å². The molecule has 7 heteroatoms. The molecule has 1 aliphatic rings. The van der Waals surface area contributed by atoms with E-state index in [9.17, 15) is 4.79 Å². The predicted octanol–water partition coefficient (Wildman–Crippen LogP) is 2.21. The third-order valence-corrected chi connectivity index (χ3v) is 3.85. The lowest BCUT2D eigenvalue weighted by molar-refractivity contribution is -0.126. The average molecular weight is 365 g/mol. The van der Waals surface area contributed by atoms with Crippen LogP contribution < -0.4 is 25.3 Å². The summed E-state index contributed by atoms with van der Waals surface area (Å²) in [5, 5.41) is 2.80. The lowest BCUT2D eigenvalue weighted by Crippen LogP contribution is -2.49. The number of benzene rings is 2. The number of hydrogen-bond donors (Lipinski definition) is 2. The fraction of sp³-hybridized carbons (Fsp3) is 0.278. The van der Waals surface area contributed by atoms with Crippen LogP contribution in [0, 0.1) is 0 Å². The number of nitrogens with two attached hydrogens (primary N) is 1. The molecular formula is C18H21ClN2O4. The van der Waals surface area contributed by atoms with Gasteiger partial charge in [-0.05, 0) is 24.6 Å². The van der Waals surface area contributed by atoms with Crippen LogP contribution in [-0.2, 0) is 10.3 Å². The standard InChI is InChI=1S/C18H20N2O4.ClH/c1-18(19,13-5-3-2-4-6-13)17(21)20-9-10-22-14-7-8-15-16(11-14)24-12-23-15;/h2-8,11H,9-10,12,19H2,1H3,(H,20,21);1H. The van der Waals surface area contributed by atoms with Gasteiger partial charge < -0.3 is 25.3 Å². The quantitative estimate of drug-likeness (QED) is 0.768. The minimum Gasteiger partial charge on any atom is -0.492 e. The summed E-state index contributed by atoms with van der Waals surface area (Å²) in [4.78, 5) is 12.3. The monoisotopic (exact) mass is 364 g/mol.